The molecule has 1 aliphatic rings. The van der Waals surface area contributed by atoms with Crippen LogP contribution in [0, 0.1) is 29.6 Å². The Morgan fingerprint density at radius 1 is 0.512 bits per heavy atom. The highest BCUT2D eigenvalue weighted by molar-refractivity contribution is 5.99. The molecule has 1 saturated heterocycles. The third kappa shape index (κ3) is 23.8. The third-order valence-electron chi connectivity index (χ3n) is 14.0. The first-order chi connectivity index (χ1) is 37.3. The van der Waals surface area contributed by atoms with Crippen molar-refractivity contribution in [2.24, 2.45) is 41.1 Å². The van der Waals surface area contributed by atoms with Gasteiger partial charge < -0.3 is 79.3 Å². The van der Waals surface area contributed by atoms with Gasteiger partial charge in [-0.2, -0.15) is 0 Å². The highest BCUT2D eigenvalue weighted by Gasteiger charge is 2.42. The first-order valence-corrected chi connectivity index (χ1v) is 27.4. The number of amides is 10. The molecule has 1 fully saturated rings. The molecule has 16 N–H and O–H groups in total. The van der Waals surface area contributed by atoms with E-state index >= 15 is 0 Å². The van der Waals surface area contributed by atoms with Gasteiger partial charge in [0.15, 0.2) is 0 Å². The zero-order valence-electron chi connectivity index (χ0n) is 47.8. The highest BCUT2D eigenvalue weighted by atomic mass is 16.4. The van der Waals surface area contributed by atoms with Crippen LogP contribution in [0.25, 0.3) is 0 Å². The van der Waals surface area contributed by atoms with Crippen LogP contribution in [0.4, 0.5) is 0 Å². The lowest BCUT2D eigenvalue weighted by Crippen LogP contribution is -2.62. The third-order valence-corrected chi connectivity index (χ3v) is 14.0. The van der Waals surface area contributed by atoms with Crippen molar-refractivity contribution in [2.75, 3.05) is 13.2 Å². The maximum absolute atomic E-state index is 14.3. The molecular formula is C52H89N11O17. The van der Waals surface area contributed by atoms with Crippen molar-refractivity contribution < 1.29 is 82.8 Å². The van der Waals surface area contributed by atoms with Crippen LogP contribution in [0.15, 0.2) is 0 Å². The summed E-state index contributed by atoms with van der Waals surface area (Å²) in [4.78, 5) is 172. The number of likely N-dealkylation sites (tertiary alicyclic amines) is 1. The molecule has 0 aromatic heterocycles. The van der Waals surface area contributed by atoms with Crippen molar-refractivity contribution in [2.45, 2.75) is 207 Å². The van der Waals surface area contributed by atoms with Gasteiger partial charge in [0.25, 0.3) is 0 Å². The van der Waals surface area contributed by atoms with Gasteiger partial charge in [0, 0.05) is 19.4 Å². The normalized spacial score (nSPS) is 17.7. The van der Waals surface area contributed by atoms with Crippen molar-refractivity contribution in [3.05, 3.63) is 0 Å². The van der Waals surface area contributed by atoms with Crippen LogP contribution < -0.4 is 54.0 Å². The number of nitrogens with zero attached hydrogens (tertiary/aromatic N) is 1. The molecular weight excluding hydrogens is 1050 g/mol. The number of primary amides is 1. The van der Waals surface area contributed by atoms with Crippen LogP contribution in [0.5, 0.6) is 0 Å². The van der Waals surface area contributed by atoms with Crippen molar-refractivity contribution in [3.8, 4) is 0 Å². The van der Waals surface area contributed by atoms with Gasteiger partial charge in [-0.15, -0.1) is 0 Å². The van der Waals surface area contributed by atoms with Crippen LogP contribution in [-0.2, 0) is 62.3 Å². The molecule has 28 heteroatoms. The summed E-state index contributed by atoms with van der Waals surface area (Å²) in [7, 11) is 0. The molecule has 1 aliphatic heterocycles. The summed E-state index contributed by atoms with van der Waals surface area (Å²) in [5.41, 5.74) is 11.0. The molecule has 0 saturated carbocycles. The van der Waals surface area contributed by atoms with Crippen LogP contribution in [-0.4, -0.2) is 176 Å². The van der Waals surface area contributed by atoms with Crippen molar-refractivity contribution in [3.63, 3.8) is 0 Å². The van der Waals surface area contributed by atoms with Gasteiger partial charge in [-0.25, -0.2) is 4.79 Å². The fourth-order valence-corrected chi connectivity index (χ4v) is 8.64. The predicted octanol–water partition coefficient (Wildman–Crippen LogP) is -1.90. The Hall–Kier alpha value is -6.97. The maximum atomic E-state index is 14.3. The van der Waals surface area contributed by atoms with Crippen LogP contribution in [0.3, 0.4) is 0 Å². The van der Waals surface area contributed by atoms with Crippen molar-refractivity contribution in [1.82, 2.24) is 47.4 Å². The standard InChI is InChI=1S/C52H89N11O17/c1-11-27(8)40(60-43(70)30(53)16-18-38(66)67)48(75)55-31(17-19-39(68)69)51(78)63-20-14-15-36(63)47(74)62-42(29(10)13-3)50(77)57-33(22-26(6)7)45(72)59-35(24-64)46(73)61-41(28(9)12-2)49(76)56-32(21-25(4)5)44(71)58-34(52(79)80)23-37(54)65/h25-36,40-42,64H,11-24,53H2,1-10H3,(H2,54,65)(H,55,75)(H,56,76)(H,57,77)(H,58,71)(H,59,72)(H,60,70)(H,61,73)(H,62,74)(H,66,67)(H,68,69)(H,79,80)/t27-,28-,29-,30-,31-,32-,33-,34-,35-,36-,40-,41-,42-/m0/s1. The first-order valence-electron chi connectivity index (χ1n) is 27.4. The SMILES string of the molecule is CC[C@H](C)[C@H](NC(=O)[C@H](CO)NC(=O)[C@H](CC(C)C)NC(=O)[C@@H](NC(=O)[C@@H]1CCCN1C(=O)[C@H](CCC(=O)O)NC(=O)[C@@H](NC(=O)[C@@H](N)CCC(=O)O)[C@@H](C)CC)[C@@H](C)CC)C(=O)N[C@@H](CC(C)C)C(=O)N[C@@H](CC(N)=O)C(=O)O. The number of hydrogen-bond acceptors (Lipinski definition) is 15. The Labute approximate surface area is 466 Å². The molecule has 0 bridgehead atoms. The maximum Gasteiger partial charge on any atom is 0.326 e. The summed E-state index contributed by atoms with van der Waals surface area (Å²) in [6.45, 7) is 16.1. The number of carbonyl (C=O) groups is 13. The summed E-state index contributed by atoms with van der Waals surface area (Å²) in [5, 5.41) is 58.7. The predicted molar refractivity (Wildman–Crippen MR) is 288 cm³/mol. The number of aliphatic hydroxyl groups excluding tert-OH is 1. The van der Waals surface area contributed by atoms with Gasteiger partial charge in [0.05, 0.1) is 19.1 Å². The second-order valence-corrected chi connectivity index (χ2v) is 21.5. The zero-order valence-corrected chi connectivity index (χ0v) is 47.8. The molecule has 13 atom stereocenters. The number of carboxylic acids is 3. The van der Waals surface area contributed by atoms with Gasteiger partial charge in [-0.3, -0.25) is 57.5 Å². The lowest BCUT2D eigenvalue weighted by Gasteiger charge is -2.32. The molecule has 454 valence electrons. The van der Waals surface area contributed by atoms with E-state index in [-0.39, 0.29) is 44.1 Å². The minimum absolute atomic E-state index is 0.00396. The van der Waals surface area contributed by atoms with Gasteiger partial charge in [-0.05, 0) is 68.1 Å². The zero-order chi connectivity index (χ0) is 61.3. The smallest absolute Gasteiger partial charge is 0.326 e. The van der Waals surface area contributed by atoms with E-state index in [4.69, 9.17) is 16.6 Å². The Balaban J connectivity index is 3.42. The van der Waals surface area contributed by atoms with E-state index in [1.807, 2.05) is 0 Å². The second kappa shape index (κ2) is 34.9. The van der Waals surface area contributed by atoms with Crippen molar-refractivity contribution >= 4 is 77.0 Å². The molecule has 10 amide bonds. The minimum Gasteiger partial charge on any atom is -0.481 e. The summed E-state index contributed by atoms with van der Waals surface area (Å²) in [6.07, 6.45) is -0.952. The molecule has 0 radical (unpaired) electrons. The topological polar surface area (TPSA) is 454 Å². The van der Waals surface area contributed by atoms with Gasteiger partial charge in [0.1, 0.15) is 54.4 Å². The summed E-state index contributed by atoms with van der Waals surface area (Å²) in [5.74, 6) is -15.0. The number of nitrogens with one attached hydrogen (secondary N) is 8. The lowest BCUT2D eigenvalue weighted by molar-refractivity contribution is -0.144. The molecule has 1 rings (SSSR count). The van der Waals surface area contributed by atoms with Gasteiger partial charge >= 0.3 is 17.9 Å². The van der Waals surface area contributed by atoms with Gasteiger partial charge in [-0.1, -0.05) is 88.5 Å². The Morgan fingerprint density at radius 2 is 0.900 bits per heavy atom. The fourth-order valence-electron chi connectivity index (χ4n) is 8.64. The molecule has 28 nitrogen and oxygen atoms in total. The Bertz CT molecular complexity index is 2180. The van der Waals surface area contributed by atoms with E-state index in [2.05, 4.69) is 42.5 Å². The molecule has 0 spiro atoms. The van der Waals surface area contributed by atoms with Crippen molar-refractivity contribution in [1.29, 1.82) is 0 Å². The average Bonchev–Trinajstić information content (AvgIpc) is 3.88. The van der Waals surface area contributed by atoms with E-state index in [1.54, 1.807) is 69.2 Å². The molecule has 0 aromatic rings. The van der Waals surface area contributed by atoms with Gasteiger partial charge in [0.2, 0.25) is 59.1 Å². The molecule has 80 heavy (non-hydrogen) atoms. The van der Waals surface area contributed by atoms with Crippen LogP contribution in [0.1, 0.15) is 146 Å². The molecule has 0 aromatic carbocycles. The highest BCUT2D eigenvalue weighted by Crippen LogP contribution is 2.22. The number of aliphatic hydroxyl groups is 1. The average molecular weight is 1140 g/mol. The number of nitrogens with two attached hydrogens (primary N) is 2. The Kier molecular flexibility index (Phi) is 31.0. The quantitative estimate of drug-likeness (QED) is 0.0323. The number of hydrogen-bond donors (Lipinski definition) is 14. The van der Waals surface area contributed by atoms with E-state index in [1.165, 1.54) is 4.90 Å². The second-order valence-electron chi connectivity index (χ2n) is 21.5. The fraction of sp³-hybridized carbons (Fsp3) is 0.750. The first kappa shape index (κ1) is 71.0. The van der Waals surface area contributed by atoms with E-state index in [0.717, 1.165) is 0 Å². The van der Waals surface area contributed by atoms with E-state index in [0.29, 0.717) is 25.7 Å². The molecule has 0 unspecified atom stereocenters. The molecule has 0 aliphatic carbocycles. The summed E-state index contributed by atoms with van der Waals surface area (Å²) in [6, 6.07) is -14.0. The summed E-state index contributed by atoms with van der Waals surface area (Å²) >= 11 is 0. The Morgan fingerprint density at radius 3 is 1.30 bits per heavy atom. The molecule has 1 heterocycles. The van der Waals surface area contributed by atoms with Crippen LogP contribution >= 0.6 is 0 Å². The number of carboxylic acid groups (broad SMARTS) is 3. The minimum atomic E-state index is -1.69. The van der Waals surface area contributed by atoms with Crippen LogP contribution in [0.2, 0.25) is 0 Å². The monoisotopic (exact) mass is 1140 g/mol. The largest absolute Gasteiger partial charge is 0.481 e. The number of aliphatic carboxylic acids is 3. The summed E-state index contributed by atoms with van der Waals surface area (Å²) < 4.78 is 0. The van der Waals surface area contributed by atoms with E-state index in [9.17, 15) is 77.6 Å². The van der Waals surface area contributed by atoms with E-state index < -0.39 is 187 Å². The number of carbonyl (C=O) groups excluding carboxylic acids is 10. The lowest BCUT2D eigenvalue weighted by atomic mass is 9.95. The number of rotatable bonds is 37.